The molecule has 2 heterocycles. The molecule has 3 rings (SSSR count). The number of rotatable bonds is 3. The van der Waals surface area contributed by atoms with Crippen molar-refractivity contribution in [2.75, 3.05) is 32.7 Å². The first-order chi connectivity index (χ1) is 8.75. The number of piperidine rings is 1. The van der Waals surface area contributed by atoms with Crippen molar-refractivity contribution in [3.8, 4) is 0 Å². The van der Waals surface area contributed by atoms with E-state index < -0.39 is 0 Å². The van der Waals surface area contributed by atoms with Crippen LogP contribution in [-0.4, -0.2) is 54.5 Å². The average Bonchev–Trinajstić information content (AvgIpc) is 3.03. The summed E-state index contributed by atoms with van der Waals surface area (Å²) in [6, 6.07) is 0.610. The molecule has 0 aromatic rings. The van der Waals surface area contributed by atoms with Crippen molar-refractivity contribution in [1.29, 1.82) is 0 Å². The van der Waals surface area contributed by atoms with Gasteiger partial charge in [-0.2, -0.15) is 0 Å². The third-order valence-corrected chi connectivity index (χ3v) is 5.04. The van der Waals surface area contributed by atoms with E-state index in [0.717, 1.165) is 32.4 Å². The Morgan fingerprint density at radius 2 is 1.89 bits per heavy atom. The zero-order chi connectivity index (χ0) is 12.6. The largest absolute Gasteiger partial charge is 0.341 e. The van der Waals surface area contributed by atoms with Gasteiger partial charge in [0.25, 0.3) is 0 Å². The highest BCUT2D eigenvalue weighted by Crippen LogP contribution is 2.46. The highest BCUT2D eigenvalue weighted by molar-refractivity contribution is 5.85. The molecule has 18 heavy (non-hydrogen) atoms. The van der Waals surface area contributed by atoms with Crippen molar-refractivity contribution in [1.82, 2.24) is 9.80 Å². The molecule has 1 amide bonds. The molecule has 3 fully saturated rings. The number of carbonyl (C=O) groups excluding carboxylic acids is 1. The molecule has 0 spiro atoms. The minimum absolute atomic E-state index is 0.160. The molecule has 4 heteroatoms. The van der Waals surface area contributed by atoms with Crippen LogP contribution in [0.25, 0.3) is 0 Å². The normalized spacial score (nSPS) is 31.6. The first-order valence-electron chi connectivity index (χ1n) is 7.49. The lowest BCUT2D eigenvalue weighted by molar-refractivity contribution is -0.138. The van der Waals surface area contributed by atoms with Gasteiger partial charge in [0.2, 0.25) is 5.91 Å². The standard InChI is InChI=1S/C14H25N3O/c15-11-14(5-6-14)13(18)17-9-3-4-12(10-17)16-7-1-2-8-16/h12H,1-11,15H2. The van der Waals surface area contributed by atoms with Crippen molar-refractivity contribution >= 4 is 5.91 Å². The summed E-state index contributed by atoms with van der Waals surface area (Å²) >= 11 is 0. The van der Waals surface area contributed by atoms with E-state index in [4.69, 9.17) is 5.73 Å². The fraction of sp³-hybridized carbons (Fsp3) is 0.929. The Bertz CT molecular complexity index is 321. The fourth-order valence-electron chi connectivity index (χ4n) is 3.54. The number of amides is 1. The van der Waals surface area contributed by atoms with Crippen LogP contribution in [0.5, 0.6) is 0 Å². The molecule has 0 aromatic carbocycles. The Balaban J connectivity index is 1.61. The average molecular weight is 251 g/mol. The van der Waals surface area contributed by atoms with Gasteiger partial charge in [-0.05, 0) is 51.6 Å². The van der Waals surface area contributed by atoms with Crippen LogP contribution in [0.3, 0.4) is 0 Å². The van der Waals surface area contributed by atoms with Crippen LogP contribution in [0.4, 0.5) is 0 Å². The number of likely N-dealkylation sites (tertiary alicyclic amines) is 2. The van der Waals surface area contributed by atoms with Crippen molar-refractivity contribution in [3.63, 3.8) is 0 Å². The number of nitrogens with two attached hydrogens (primary N) is 1. The summed E-state index contributed by atoms with van der Waals surface area (Å²) in [6.07, 6.45) is 7.10. The summed E-state index contributed by atoms with van der Waals surface area (Å²) in [6.45, 7) is 4.89. The van der Waals surface area contributed by atoms with Gasteiger partial charge in [-0.15, -0.1) is 0 Å². The maximum Gasteiger partial charge on any atom is 0.230 e. The third-order valence-electron chi connectivity index (χ3n) is 5.04. The second-order valence-electron chi connectivity index (χ2n) is 6.27. The van der Waals surface area contributed by atoms with Crippen LogP contribution < -0.4 is 5.73 Å². The molecular formula is C14H25N3O. The number of nitrogens with zero attached hydrogens (tertiary/aromatic N) is 2. The maximum absolute atomic E-state index is 12.5. The van der Waals surface area contributed by atoms with Crippen LogP contribution in [0, 0.1) is 5.41 Å². The topological polar surface area (TPSA) is 49.6 Å². The summed E-state index contributed by atoms with van der Waals surface area (Å²) in [7, 11) is 0. The van der Waals surface area contributed by atoms with E-state index in [1.165, 1.54) is 32.4 Å². The molecule has 1 unspecified atom stereocenters. The molecule has 4 nitrogen and oxygen atoms in total. The van der Waals surface area contributed by atoms with Crippen LogP contribution in [-0.2, 0) is 4.79 Å². The molecule has 0 bridgehead atoms. The van der Waals surface area contributed by atoms with Gasteiger partial charge < -0.3 is 10.6 Å². The zero-order valence-corrected chi connectivity index (χ0v) is 11.2. The van der Waals surface area contributed by atoms with E-state index >= 15 is 0 Å². The van der Waals surface area contributed by atoms with Gasteiger partial charge in [0.05, 0.1) is 5.41 Å². The van der Waals surface area contributed by atoms with Gasteiger partial charge >= 0.3 is 0 Å². The highest BCUT2D eigenvalue weighted by Gasteiger charge is 2.51. The first kappa shape index (κ1) is 12.4. The van der Waals surface area contributed by atoms with E-state index in [1.807, 2.05) is 0 Å². The van der Waals surface area contributed by atoms with E-state index in [0.29, 0.717) is 18.5 Å². The molecule has 0 aromatic heterocycles. The summed E-state index contributed by atoms with van der Waals surface area (Å²) in [5, 5.41) is 0. The molecule has 1 atom stereocenters. The highest BCUT2D eigenvalue weighted by atomic mass is 16.2. The smallest absolute Gasteiger partial charge is 0.230 e. The fourth-order valence-corrected chi connectivity index (χ4v) is 3.54. The Hall–Kier alpha value is -0.610. The quantitative estimate of drug-likeness (QED) is 0.807. The van der Waals surface area contributed by atoms with Crippen molar-refractivity contribution in [2.24, 2.45) is 11.1 Å². The summed E-state index contributed by atoms with van der Waals surface area (Å²) in [5.74, 6) is 0.342. The molecule has 1 saturated carbocycles. The Labute approximate surface area is 109 Å². The summed E-state index contributed by atoms with van der Waals surface area (Å²) < 4.78 is 0. The van der Waals surface area contributed by atoms with Crippen LogP contribution in [0.1, 0.15) is 38.5 Å². The summed E-state index contributed by atoms with van der Waals surface area (Å²) in [5.41, 5.74) is 5.62. The van der Waals surface area contributed by atoms with Crippen molar-refractivity contribution in [2.45, 2.75) is 44.6 Å². The number of hydrogen-bond acceptors (Lipinski definition) is 3. The molecule has 2 aliphatic heterocycles. The zero-order valence-electron chi connectivity index (χ0n) is 11.2. The molecule has 2 saturated heterocycles. The molecule has 102 valence electrons. The lowest BCUT2D eigenvalue weighted by Gasteiger charge is -2.39. The van der Waals surface area contributed by atoms with E-state index in [1.54, 1.807) is 0 Å². The van der Waals surface area contributed by atoms with Crippen LogP contribution >= 0.6 is 0 Å². The number of hydrogen-bond donors (Lipinski definition) is 1. The Morgan fingerprint density at radius 3 is 2.50 bits per heavy atom. The van der Waals surface area contributed by atoms with Gasteiger partial charge in [-0.1, -0.05) is 0 Å². The Morgan fingerprint density at radius 1 is 1.17 bits per heavy atom. The monoisotopic (exact) mass is 251 g/mol. The van der Waals surface area contributed by atoms with Crippen molar-refractivity contribution in [3.05, 3.63) is 0 Å². The number of carbonyl (C=O) groups is 1. The minimum atomic E-state index is -0.160. The lowest BCUT2D eigenvalue weighted by atomic mass is 10.00. The molecule has 1 aliphatic carbocycles. The first-order valence-corrected chi connectivity index (χ1v) is 7.49. The molecule has 2 N–H and O–H groups in total. The van der Waals surface area contributed by atoms with E-state index in [-0.39, 0.29) is 5.41 Å². The predicted molar refractivity (Wildman–Crippen MR) is 71.1 cm³/mol. The Kier molecular flexibility index (Phi) is 3.32. The second kappa shape index (κ2) is 4.82. The molecule has 3 aliphatic rings. The second-order valence-corrected chi connectivity index (χ2v) is 6.27. The van der Waals surface area contributed by atoms with Gasteiger partial charge in [0.1, 0.15) is 0 Å². The SMILES string of the molecule is NCC1(C(=O)N2CCCC(N3CCCC3)C2)CC1. The molecule has 0 radical (unpaired) electrons. The molecular weight excluding hydrogens is 226 g/mol. The van der Waals surface area contributed by atoms with Crippen LogP contribution in [0.15, 0.2) is 0 Å². The van der Waals surface area contributed by atoms with Gasteiger partial charge in [0.15, 0.2) is 0 Å². The van der Waals surface area contributed by atoms with E-state index in [9.17, 15) is 4.79 Å². The maximum atomic E-state index is 12.5. The summed E-state index contributed by atoms with van der Waals surface area (Å²) in [4.78, 5) is 17.2. The third kappa shape index (κ3) is 2.16. The van der Waals surface area contributed by atoms with Gasteiger partial charge in [-0.3, -0.25) is 9.69 Å². The van der Waals surface area contributed by atoms with Crippen molar-refractivity contribution < 1.29 is 4.79 Å². The van der Waals surface area contributed by atoms with Crippen LogP contribution in [0.2, 0.25) is 0 Å². The predicted octanol–water partition coefficient (Wildman–Crippen LogP) is 0.812. The van der Waals surface area contributed by atoms with Gasteiger partial charge in [-0.25, -0.2) is 0 Å². The minimum Gasteiger partial charge on any atom is -0.341 e. The van der Waals surface area contributed by atoms with E-state index in [2.05, 4.69) is 9.80 Å². The lowest BCUT2D eigenvalue weighted by Crippen LogP contribution is -2.51. The van der Waals surface area contributed by atoms with Gasteiger partial charge in [0, 0.05) is 25.7 Å².